The fraction of sp³-hybridized carbons (Fsp3) is 0.632. The third-order valence-electron chi connectivity index (χ3n) is 4.12. The van der Waals surface area contributed by atoms with Crippen LogP contribution in [0.2, 0.25) is 0 Å². The fourth-order valence-corrected chi connectivity index (χ4v) is 3.04. The van der Waals surface area contributed by atoms with Crippen LogP contribution in [0.15, 0.2) is 24.5 Å². The van der Waals surface area contributed by atoms with Crippen molar-refractivity contribution in [3.63, 3.8) is 0 Å². The van der Waals surface area contributed by atoms with Crippen LogP contribution < -0.4 is 0 Å². The number of nitrogens with zero attached hydrogens (tertiary/aromatic N) is 2. The van der Waals surface area contributed by atoms with Gasteiger partial charge in [-0.2, -0.15) is 0 Å². The Morgan fingerprint density at radius 3 is 2.71 bits per heavy atom. The Hall–Kier alpha value is -1.91. The van der Waals surface area contributed by atoms with Crippen LogP contribution in [0.1, 0.15) is 52.0 Å². The van der Waals surface area contributed by atoms with Crippen LogP contribution in [0, 0.1) is 5.92 Å². The maximum absolute atomic E-state index is 12.6. The first-order valence-electron chi connectivity index (χ1n) is 8.75. The van der Waals surface area contributed by atoms with Crippen LogP contribution >= 0.6 is 0 Å². The van der Waals surface area contributed by atoms with E-state index in [1.54, 1.807) is 12.4 Å². The normalized spacial score (nSPS) is 18.5. The summed E-state index contributed by atoms with van der Waals surface area (Å²) in [5.41, 5.74) is 0.735. The molecule has 2 heterocycles. The van der Waals surface area contributed by atoms with Crippen molar-refractivity contribution < 1.29 is 14.3 Å². The maximum atomic E-state index is 12.6. The molecule has 1 saturated heterocycles. The topological polar surface area (TPSA) is 59.5 Å². The summed E-state index contributed by atoms with van der Waals surface area (Å²) >= 11 is 0. The van der Waals surface area contributed by atoms with Gasteiger partial charge in [0.25, 0.3) is 0 Å². The van der Waals surface area contributed by atoms with E-state index in [9.17, 15) is 9.59 Å². The number of hydrogen-bond acceptors (Lipinski definition) is 4. The van der Waals surface area contributed by atoms with Gasteiger partial charge in [-0.1, -0.05) is 0 Å². The summed E-state index contributed by atoms with van der Waals surface area (Å²) in [4.78, 5) is 30.5. The van der Waals surface area contributed by atoms with E-state index in [-0.39, 0.29) is 24.2 Å². The minimum atomic E-state index is -0.501. The van der Waals surface area contributed by atoms with E-state index in [1.165, 1.54) is 5.56 Å². The lowest BCUT2D eigenvalue weighted by Crippen LogP contribution is -2.43. The number of aryl methyl sites for hydroxylation is 1. The Morgan fingerprint density at radius 2 is 2.04 bits per heavy atom. The molecular formula is C19H28N2O3. The van der Waals surface area contributed by atoms with Gasteiger partial charge in [-0.05, 0) is 64.2 Å². The lowest BCUT2D eigenvalue weighted by atomic mass is 9.93. The number of hydrogen-bond donors (Lipinski definition) is 0. The molecule has 0 N–H and O–H groups in total. The monoisotopic (exact) mass is 332 g/mol. The molecule has 1 atom stereocenters. The summed E-state index contributed by atoms with van der Waals surface area (Å²) in [6, 6.07) is 4.01. The smallest absolute Gasteiger partial charge is 0.307 e. The van der Waals surface area contributed by atoms with Crippen molar-refractivity contribution in [2.24, 2.45) is 5.92 Å². The zero-order valence-electron chi connectivity index (χ0n) is 15.0. The molecule has 0 aromatic carbocycles. The largest absolute Gasteiger partial charge is 0.460 e. The van der Waals surface area contributed by atoms with Crippen LogP contribution in [0.25, 0.3) is 0 Å². The fourth-order valence-electron chi connectivity index (χ4n) is 3.04. The van der Waals surface area contributed by atoms with Crippen LogP contribution in [-0.2, 0) is 20.7 Å². The standard InChI is InChI=1S/C19H28N2O3/c1-19(2,3)24-17(22)14-16-7-5-13-21(18(16)23)12-4-6-15-8-10-20-11-9-15/h8-11,16H,4-7,12-14H2,1-3H3. The Bertz CT molecular complexity index is 551. The molecule has 1 aromatic rings. The predicted octanol–water partition coefficient (Wildman–Crippen LogP) is 2.98. The van der Waals surface area contributed by atoms with Crippen LogP contribution in [0.3, 0.4) is 0 Å². The summed E-state index contributed by atoms with van der Waals surface area (Å²) in [7, 11) is 0. The van der Waals surface area contributed by atoms with Crippen molar-refractivity contribution >= 4 is 11.9 Å². The van der Waals surface area contributed by atoms with Crippen molar-refractivity contribution in [2.45, 2.75) is 58.5 Å². The van der Waals surface area contributed by atoms with E-state index in [2.05, 4.69) is 4.98 Å². The molecule has 5 nitrogen and oxygen atoms in total. The first kappa shape index (κ1) is 18.4. The maximum Gasteiger partial charge on any atom is 0.307 e. The molecule has 2 rings (SSSR count). The third-order valence-corrected chi connectivity index (χ3v) is 4.12. The number of ether oxygens (including phenoxy) is 1. The Balaban J connectivity index is 1.80. The molecule has 1 amide bonds. The summed E-state index contributed by atoms with van der Waals surface area (Å²) in [6.07, 6.45) is 7.36. The molecule has 5 heteroatoms. The van der Waals surface area contributed by atoms with Gasteiger partial charge in [0.05, 0.1) is 6.42 Å². The van der Waals surface area contributed by atoms with E-state index in [0.717, 1.165) is 38.8 Å². The van der Waals surface area contributed by atoms with Gasteiger partial charge in [0.1, 0.15) is 5.60 Å². The highest BCUT2D eigenvalue weighted by atomic mass is 16.6. The van der Waals surface area contributed by atoms with Gasteiger partial charge in [0.15, 0.2) is 0 Å². The number of likely N-dealkylation sites (tertiary alicyclic amines) is 1. The molecule has 0 saturated carbocycles. The van der Waals surface area contributed by atoms with Crippen molar-refractivity contribution in [3.05, 3.63) is 30.1 Å². The number of piperidine rings is 1. The molecule has 0 spiro atoms. The van der Waals surface area contributed by atoms with E-state index in [1.807, 2.05) is 37.8 Å². The second-order valence-electron chi connectivity index (χ2n) is 7.41. The molecule has 0 bridgehead atoms. The van der Waals surface area contributed by atoms with Gasteiger partial charge >= 0.3 is 5.97 Å². The predicted molar refractivity (Wildman–Crippen MR) is 92.3 cm³/mol. The number of carbonyl (C=O) groups is 2. The number of aromatic nitrogens is 1. The average molecular weight is 332 g/mol. The molecule has 1 aromatic heterocycles. The highest BCUT2D eigenvalue weighted by Crippen LogP contribution is 2.23. The first-order valence-corrected chi connectivity index (χ1v) is 8.75. The average Bonchev–Trinajstić information content (AvgIpc) is 2.50. The van der Waals surface area contributed by atoms with Crippen molar-refractivity contribution in [1.82, 2.24) is 9.88 Å². The zero-order valence-corrected chi connectivity index (χ0v) is 15.0. The van der Waals surface area contributed by atoms with E-state index < -0.39 is 5.60 Å². The van der Waals surface area contributed by atoms with Crippen LogP contribution in [-0.4, -0.2) is 40.5 Å². The molecule has 0 radical (unpaired) electrons. The Morgan fingerprint density at radius 1 is 1.33 bits per heavy atom. The summed E-state index contributed by atoms with van der Waals surface area (Å²) in [5.74, 6) is -0.407. The van der Waals surface area contributed by atoms with Gasteiger partial charge < -0.3 is 9.64 Å². The lowest BCUT2D eigenvalue weighted by Gasteiger charge is -2.32. The molecule has 1 aliphatic heterocycles. The molecule has 1 aliphatic rings. The molecule has 132 valence electrons. The minimum Gasteiger partial charge on any atom is -0.460 e. The van der Waals surface area contributed by atoms with Gasteiger partial charge in [0.2, 0.25) is 5.91 Å². The second-order valence-corrected chi connectivity index (χ2v) is 7.41. The van der Waals surface area contributed by atoms with Gasteiger partial charge in [-0.3, -0.25) is 14.6 Å². The van der Waals surface area contributed by atoms with Crippen LogP contribution in [0.5, 0.6) is 0 Å². The molecule has 1 fully saturated rings. The van der Waals surface area contributed by atoms with E-state index in [0.29, 0.717) is 0 Å². The summed E-state index contributed by atoms with van der Waals surface area (Å²) in [5, 5.41) is 0. The second kappa shape index (κ2) is 8.27. The van der Waals surface area contributed by atoms with Gasteiger partial charge in [0, 0.05) is 31.4 Å². The number of esters is 1. The quantitative estimate of drug-likeness (QED) is 0.752. The highest BCUT2D eigenvalue weighted by Gasteiger charge is 2.31. The number of pyridine rings is 1. The Kier molecular flexibility index (Phi) is 6.35. The van der Waals surface area contributed by atoms with Gasteiger partial charge in [-0.15, -0.1) is 0 Å². The van der Waals surface area contributed by atoms with E-state index in [4.69, 9.17) is 4.74 Å². The molecule has 0 aliphatic carbocycles. The zero-order chi connectivity index (χ0) is 17.6. The molecular weight excluding hydrogens is 304 g/mol. The summed E-state index contributed by atoms with van der Waals surface area (Å²) in [6.45, 7) is 7.07. The van der Waals surface area contributed by atoms with Crippen molar-refractivity contribution in [3.8, 4) is 0 Å². The third kappa shape index (κ3) is 5.95. The number of rotatable bonds is 6. The number of carbonyl (C=O) groups excluding carboxylic acids is 2. The molecule has 24 heavy (non-hydrogen) atoms. The van der Waals surface area contributed by atoms with Gasteiger partial charge in [-0.25, -0.2) is 0 Å². The van der Waals surface area contributed by atoms with Crippen molar-refractivity contribution in [2.75, 3.05) is 13.1 Å². The minimum absolute atomic E-state index is 0.0989. The SMILES string of the molecule is CC(C)(C)OC(=O)CC1CCCN(CCCc2ccncc2)C1=O. The van der Waals surface area contributed by atoms with Crippen LogP contribution in [0.4, 0.5) is 0 Å². The molecule has 1 unspecified atom stereocenters. The summed E-state index contributed by atoms with van der Waals surface area (Å²) < 4.78 is 5.35. The first-order chi connectivity index (χ1) is 11.3. The number of amides is 1. The highest BCUT2D eigenvalue weighted by molar-refractivity contribution is 5.84. The Labute approximate surface area is 144 Å². The van der Waals surface area contributed by atoms with Crippen molar-refractivity contribution in [1.29, 1.82) is 0 Å². The lowest BCUT2D eigenvalue weighted by molar-refractivity contribution is -0.159. The van der Waals surface area contributed by atoms with E-state index >= 15 is 0 Å².